The molecule has 0 atom stereocenters. The SMILES string of the molecule is COC(=O)c1c(NC(=O)c2ccc(N3C(=O)CCC3=O)cc2)sc2c1CCCCC2. The van der Waals surface area contributed by atoms with Gasteiger partial charge >= 0.3 is 5.97 Å². The van der Waals surface area contributed by atoms with E-state index in [-0.39, 0.29) is 30.6 Å². The van der Waals surface area contributed by atoms with Crippen molar-refractivity contribution >= 4 is 45.7 Å². The van der Waals surface area contributed by atoms with Gasteiger partial charge in [-0.25, -0.2) is 4.79 Å². The average Bonchev–Trinajstić information content (AvgIpc) is 3.16. The quantitative estimate of drug-likeness (QED) is 0.457. The van der Waals surface area contributed by atoms with Crippen LogP contribution in [0.1, 0.15) is 63.3 Å². The monoisotopic (exact) mass is 426 g/mol. The Morgan fingerprint density at radius 1 is 0.967 bits per heavy atom. The Kier molecular flexibility index (Phi) is 5.67. The number of nitrogens with zero attached hydrogens (tertiary/aromatic N) is 1. The molecule has 0 bridgehead atoms. The van der Waals surface area contributed by atoms with Crippen molar-refractivity contribution in [3.05, 3.63) is 45.8 Å². The predicted octanol–water partition coefficient (Wildman–Crippen LogP) is 3.71. The number of amides is 3. The second-order valence-corrected chi connectivity index (χ2v) is 8.49. The molecule has 1 saturated heterocycles. The van der Waals surface area contributed by atoms with Crippen LogP contribution in [0.2, 0.25) is 0 Å². The van der Waals surface area contributed by atoms with Gasteiger partial charge in [-0.05, 0) is 55.5 Å². The molecule has 1 aromatic carbocycles. The van der Waals surface area contributed by atoms with Crippen LogP contribution in [0.15, 0.2) is 24.3 Å². The number of hydrogen-bond donors (Lipinski definition) is 1. The number of methoxy groups -OCH3 is 1. The second-order valence-electron chi connectivity index (χ2n) is 7.38. The molecule has 1 aliphatic heterocycles. The third kappa shape index (κ3) is 3.75. The summed E-state index contributed by atoms with van der Waals surface area (Å²) < 4.78 is 4.97. The highest BCUT2D eigenvalue weighted by Crippen LogP contribution is 2.38. The maximum absolute atomic E-state index is 12.8. The summed E-state index contributed by atoms with van der Waals surface area (Å²) in [5, 5.41) is 3.36. The molecule has 2 heterocycles. The number of thiophene rings is 1. The highest BCUT2D eigenvalue weighted by atomic mass is 32.1. The number of carbonyl (C=O) groups is 4. The van der Waals surface area contributed by atoms with E-state index in [0.29, 0.717) is 21.8 Å². The van der Waals surface area contributed by atoms with Crippen molar-refractivity contribution in [2.75, 3.05) is 17.3 Å². The lowest BCUT2D eigenvalue weighted by Gasteiger charge is -2.14. The van der Waals surface area contributed by atoms with Crippen molar-refractivity contribution in [1.82, 2.24) is 0 Å². The Morgan fingerprint density at radius 2 is 1.63 bits per heavy atom. The standard InChI is InChI=1S/C22H22N2O5S/c1-29-22(28)19-15-5-3-2-4-6-16(15)30-21(19)23-20(27)13-7-9-14(10-8-13)24-17(25)11-12-18(24)26/h7-10H,2-6,11-12H2,1H3,(H,23,27). The number of fused-ring (bicyclic) bond motifs is 1. The van der Waals surface area contributed by atoms with E-state index in [9.17, 15) is 19.2 Å². The third-order valence-corrected chi connectivity index (χ3v) is 6.68. The number of hydrogen-bond acceptors (Lipinski definition) is 6. The van der Waals surface area contributed by atoms with Crippen LogP contribution < -0.4 is 10.2 Å². The highest BCUT2D eigenvalue weighted by Gasteiger charge is 2.30. The summed E-state index contributed by atoms with van der Waals surface area (Å²) in [5.74, 6) is -1.27. The Hall–Kier alpha value is -3.00. The minimum atomic E-state index is -0.439. The predicted molar refractivity (Wildman–Crippen MR) is 113 cm³/mol. The summed E-state index contributed by atoms with van der Waals surface area (Å²) in [5.41, 5.74) is 2.27. The van der Waals surface area contributed by atoms with Gasteiger partial charge in [0.1, 0.15) is 5.00 Å². The molecule has 2 aliphatic rings. The topological polar surface area (TPSA) is 92.8 Å². The molecule has 0 unspecified atom stereocenters. The van der Waals surface area contributed by atoms with E-state index in [1.54, 1.807) is 24.3 Å². The van der Waals surface area contributed by atoms with Gasteiger partial charge in [0.25, 0.3) is 5.91 Å². The van der Waals surface area contributed by atoms with Crippen molar-refractivity contribution in [2.24, 2.45) is 0 Å². The molecule has 0 radical (unpaired) electrons. The zero-order valence-electron chi connectivity index (χ0n) is 16.7. The van der Waals surface area contributed by atoms with Gasteiger partial charge in [-0.3, -0.25) is 19.3 Å². The van der Waals surface area contributed by atoms with Gasteiger partial charge in [-0.2, -0.15) is 0 Å². The van der Waals surface area contributed by atoms with Gasteiger partial charge in [0.05, 0.1) is 18.4 Å². The van der Waals surface area contributed by atoms with E-state index in [0.717, 1.165) is 47.4 Å². The number of anilines is 2. The van der Waals surface area contributed by atoms with Crippen LogP contribution in [0.4, 0.5) is 10.7 Å². The first-order chi connectivity index (χ1) is 14.5. The molecule has 30 heavy (non-hydrogen) atoms. The molecule has 156 valence electrons. The normalized spacial score (nSPS) is 16.2. The fourth-order valence-electron chi connectivity index (χ4n) is 3.95. The maximum Gasteiger partial charge on any atom is 0.341 e. The van der Waals surface area contributed by atoms with E-state index in [1.807, 2.05) is 0 Å². The number of ether oxygens (including phenoxy) is 1. The molecule has 0 spiro atoms. The van der Waals surface area contributed by atoms with Gasteiger partial charge in [0.2, 0.25) is 11.8 Å². The summed E-state index contributed by atoms with van der Waals surface area (Å²) in [4.78, 5) is 51.3. The fourth-order valence-corrected chi connectivity index (χ4v) is 5.22. The summed E-state index contributed by atoms with van der Waals surface area (Å²) in [6.45, 7) is 0. The van der Waals surface area contributed by atoms with E-state index >= 15 is 0 Å². The van der Waals surface area contributed by atoms with Crippen molar-refractivity contribution < 1.29 is 23.9 Å². The van der Waals surface area contributed by atoms with E-state index in [2.05, 4.69) is 5.32 Å². The third-order valence-electron chi connectivity index (χ3n) is 5.48. The van der Waals surface area contributed by atoms with Gasteiger partial charge in [-0.15, -0.1) is 11.3 Å². The minimum absolute atomic E-state index is 0.209. The molecule has 4 rings (SSSR count). The van der Waals surface area contributed by atoms with Crippen LogP contribution in [0, 0.1) is 0 Å². The van der Waals surface area contributed by atoms with Crippen LogP contribution in [-0.2, 0) is 27.2 Å². The van der Waals surface area contributed by atoms with E-state index in [4.69, 9.17) is 4.74 Å². The lowest BCUT2D eigenvalue weighted by molar-refractivity contribution is -0.121. The number of esters is 1. The van der Waals surface area contributed by atoms with Crippen molar-refractivity contribution in [3.63, 3.8) is 0 Å². The highest BCUT2D eigenvalue weighted by molar-refractivity contribution is 7.17. The van der Waals surface area contributed by atoms with Crippen LogP contribution >= 0.6 is 11.3 Å². The largest absolute Gasteiger partial charge is 0.465 e. The summed E-state index contributed by atoms with van der Waals surface area (Å²) in [7, 11) is 1.34. The van der Waals surface area contributed by atoms with E-state index in [1.165, 1.54) is 18.4 Å². The average molecular weight is 426 g/mol. The first-order valence-corrected chi connectivity index (χ1v) is 10.8. The number of aryl methyl sites for hydroxylation is 1. The molecular formula is C22H22N2O5S. The molecule has 1 aromatic heterocycles. The number of nitrogens with one attached hydrogen (secondary N) is 1. The zero-order valence-corrected chi connectivity index (χ0v) is 17.5. The number of benzene rings is 1. The van der Waals surface area contributed by atoms with Gasteiger partial charge in [-0.1, -0.05) is 6.42 Å². The zero-order chi connectivity index (χ0) is 21.3. The second kappa shape index (κ2) is 8.39. The van der Waals surface area contributed by atoms with Crippen LogP contribution in [0.3, 0.4) is 0 Å². The molecule has 3 amide bonds. The summed E-state index contributed by atoms with van der Waals surface area (Å²) in [6.07, 6.45) is 5.32. The molecule has 2 aromatic rings. The molecule has 0 saturated carbocycles. The van der Waals surface area contributed by atoms with Crippen molar-refractivity contribution in [2.45, 2.75) is 44.9 Å². The molecule has 1 N–H and O–H groups in total. The smallest absolute Gasteiger partial charge is 0.341 e. The lowest BCUT2D eigenvalue weighted by Crippen LogP contribution is -2.28. The Morgan fingerprint density at radius 3 is 2.30 bits per heavy atom. The van der Waals surface area contributed by atoms with Crippen molar-refractivity contribution in [3.8, 4) is 0 Å². The Labute approximate surface area is 178 Å². The first kappa shape index (κ1) is 20.3. The number of imide groups is 1. The number of carbonyl (C=O) groups excluding carboxylic acids is 4. The molecular weight excluding hydrogens is 404 g/mol. The minimum Gasteiger partial charge on any atom is -0.465 e. The molecule has 1 fully saturated rings. The fraction of sp³-hybridized carbons (Fsp3) is 0.364. The lowest BCUT2D eigenvalue weighted by atomic mass is 10.1. The van der Waals surface area contributed by atoms with Gasteiger partial charge in [0.15, 0.2) is 0 Å². The summed E-state index contributed by atoms with van der Waals surface area (Å²) >= 11 is 1.44. The Bertz CT molecular complexity index is 1010. The number of rotatable bonds is 4. The first-order valence-electron chi connectivity index (χ1n) is 9.99. The van der Waals surface area contributed by atoms with Crippen LogP contribution in [-0.4, -0.2) is 30.8 Å². The Balaban J connectivity index is 1.57. The van der Waals surface area contributed by atoms with Crippen LogP contribution in [0.25, 0.3) is 0 Å². The van der Waals surface area contributed by atoms with Crippen LogP contribution in [0.5, 0.6) is 0 Å². The van der Waals surface area contributed by atoms with E-state index < -0.39 is 5.97 Å². The van der Waals surface area contributed by atoms with Gasteiger partial charge in [0, 0.05) is 23.3 Å². The molecule has 1 aliphatic carbocycles. The van der Waals surface area contributed by atoms with Gasteiger partial charge < -0.3 is 10.1 Å². The summed E-state index contributed by atoms with van der Waals surface area (Å²) in [6, 6.07) is 6.31. The molecule has 7 nitrogen and oxygen atoms in total. The van der Waals surface area contributed by atoms with Crippen molar-refractivity contribution in [1.29, 1.82) is 0 Å². The maximum atomic E-state index is 12.8. The molecule has 8 heteroatoms.